The highest BCUT2D eigenvalue weighted by atomic mass is 35.5. The zero-order chi connectivity index (χ0) is 17.7. The average molecular weight is 355 g/mol. The normalized spacial score (nSPS) is 10.2. The fourth-order valence-electron chi connectivity index (χ4n) is 1.84. The minimum absolute atomic E-state index is 0.250. The van der Waals surface area contributed by atoms with Crippen molar-refractivity contribution in [2.75, 3.05) is 17.2 Å². The number of halogens is 3. The van der Waals surface area contributed by atoms with Crippen molar-refractivity contribution in [3.8, 4) is 5.75 Å². The van der Waals surface area contributed by atoms with Crippen LogP contribution in [-0.2, 0) is 9.59 Å². The predicted molar refractivity (Wildman–Crippen MR) is 86.2 cm³/mol. The molecule has 0 aliphatic heterocycles. The van der Waals surface area contributed by atoms with E-state index in [0.717, 1.165) is 12.1 Å². The summed E-state index contributed by atoms with van der Waals surface area (Å²) < 4.78 is 31.2. The molecule has 2 aromatic carbocycles. The van der Waals surface area contributed by atoms with Gasteiger partial charge in [0.1, 0.15) is 5.82 Å². The van der Waals surface area contributed by atoms with Gasteiger partial charge in [0.25, 0.3) is 5.91 Å². The summed E-state index contributed by atoms with van der Waals surface area (Å²) in [5.74, 6) is -2.84. The van der Waals surface area contributed by atoms with Gasteiger partial charge in [0.2, 0.25) is 5.91 Å². The maximum absolute atomic E-state index is 13.4. The lowest BCUT2D eigenvalue weighted by Gasteiger charge is -2.12. The fourth-order valence-corrected chi connectivity index (χ4v) is 2.01. The van der Waals surface area contributed by atoms with Gasteiger partial charge in [-0.05, 0) is 30.3 Å². The van der Waals surface area contributed by atoms with Crippen molar-refractivity contribution in [2.45, 2.75) is 6.92 Å². The van der Waals surface area contributed by atoms with Gasteiger partial charge in [-0.3, -0.25) is 9.59 Å². The average Bonchev–Trinajstić information content (AvgIpc) is 2.49. The summed E-state index contributed by atoms with van der Waals surface area (Å²) in [6.45, 7) is 0.815. The van der Waals surface area contributed by atoms with Crippen molar-refractivity contribution in [2.24, 2.45) is 0 Å². The van der Waals surface area contributed by atoms with Gasteiger partial charge in [-0.1, -0.05) is 11.6 Å². The van der Waals surface area contributed by atoms with E-state index in [1.54, 1.807) is 6.07 Å². The highest BCUT2D eigenvalue weighted by molar-refractivity contribution is 6.31. The summed E-state index contributed by atoms with van der Waals surface area (Å²) in [6, 6.07) is 7.28. The van der Waals surface area contributed by atoms with Crippen LogP contribution in [0.4, 0.5) is 20.2 Å². The second-order valence-corrected chi connectivity index (χ2v) is 5.22. The maximum Gasteiger partial charge on any atom is 0.262 e. The van der Waals surface area contributed by atoms with E-state index in [2.05, 4.69) is 10.6 Å². The molecule has 0 bridgehead atoms. The van der Waals surface area contributed by atoms with E-state index in [1.165, 1.54) is 19.1 Å². The summed E-state index contributed by atoms with van der Waals surface area (Å²) in [5.41, 5.74) is 0.624. The van der Waals surface area contributed by atoms with E-state index in [-0.39, 0.29) is 17.3 Å². The molecule has 8 heteroatoms. The third kappa shape index (κ3) is 4.92. The van der Waals surface area contributed by atoms with Crippen LogP contribution in [0.5, 0.6) is 5.75 Å². The Hall–Kier alpha value is -2.67. The van der Waals surface area contributed by atoms with Gasteiger partial charge in [-0.2, -0.15) is 0 Å². The van der Waals surface area contributed by atoms with Crippen LogP contribution in [0, 0.1) is 11.6 Å². The first-order valence-corrected chi connectivity index (χ1v) is 7.18. The van der Waals surface area contributed by atoms with Crippen LogP contribution in [0.25, 0.3) is 0 Å². The van der Waals surface area contributed by atoms with E-state index in [1.807, 2.05) is 0 Å². The fraction of sp³-hybridized carbons (Fsp3) is 0.125. The SMILES string of the molecule is CC(=O)Nc1ccc(Cl)cc1NC(=O)COc1ccc(F)cc1F. The second-order valence-electron chi connectivity index (χ2n) is 4.78. The third-order valence-corrected chi connectivity index (χ3v) is 3.05. The molecule has 0 aliphatic rings. The lowest BCUT2D eigenvalue weighted by atomic mass is 10.2. The molecule has 2 aromatic rings. The summed E-state index contributed by atoms with van der Waals surface area (Å²) >= 11 is 5.87. The zero-order valence-electron chi connectivity index (χ0n) is 12.5. The van der Waals surface area contributed by atoms with Gasteiger partial charge >= 0.3 is 0 Å². The molecule has 2 amide bonds. The lowest BCUT2D eigenvalue weighted by Crippen LogP contribution is -2.21. The Morgan fingerprint density at radius 1 is 1.08 bits per heavy atom. The molecule has 0 radical (unpaired) electrons. The molecule has 2 rings (SSSR count). The number of carbonyl (C=O) groups is 2. The largest absolute Gasteiger partial charge is 0.481 e. The Morgan fingerprint density at radius 3 is 2.50 bits per heavy atom. The molecule has 0 fully saturated rings. The smallest absolute Gasteiger partial charge is 0.262 e. The van der Waals surface area contributed by atoms with E-state index in [0.29, 0.717) is 16.8 Å². The molecule has 2 N–H and O–H groups in total. The molecule has 0 heterocycles. The molecular formula is C16H13ClF2N2O3. The maximum atomic E-state index is 13.4. The number of hydrogen-bond acceptors (Lipinski definition) is 3. The van der Waals surface area contributed by atoms with Crippen LogP contribution in [0.15, 0.2) is 36.4 Å². The zero-order valence-corrected chi connectivity index (χ0v) is 13.3. The first-order valence-electron chi connectivity index (χ1n) is 6.80. The molecule has 5 nitrogen and oxygen atoms in total. The number of rotatable bonds is 5. The minimum atomic E-state index is -0.913. The van der Waals surface area contributed by atoms with E-state index < -0.39 is 24.1 Å². The number of amides is 2. The number of ether oxygens (including phenoxy) is 1. The number of nitrogens with one attached hydrogen (secondary N) is 2. The Bertz CT molecular complexity index is 784. The van der Waals surface area contributed by atoms with Gasteiger partial charge in [0.15, 0.2) is 18.2 Å². The molecule has 24 heavy (non-hydrogen) atoms. The van der Waals surface area contributed by atoms with Gasteiger partial charge in [-0.25, -0.2) is 8.78 Å². The van der Waals surface area contributed by atoms with Gasteiger partial charge < -0.3 is 15.4 Å². The van der Waals surface area contributed by atoms with Crippen molar-refractivity contribution in [3.63, 3.8) is 0 Å². The van der Waals surface area contributed by atoms with Crippen LogP contribution in [0.1, 0.15) is 6.92 Å². The van der Waals surface area contributed by atoms with Crippen LogP contribution in [-0.4, -0.2) is 18.4 Å². The standard InChI is InChI=1S/C16H13ClF2N2O3/c1-9(22)20-13-4-2-10(17)6-14(13)21-16(23)8-24-15-5-3-11(18)7-12(15)19/h2-7H,8H2,1H3,(H,20,22)(H,21,23). The first kappa shape index (κ1) is 17.7. The Kier molecular flexibility index (Phi) is 5.70. The molecule has 126 valence electrons. The van der Waals surface area contributed by atoms with Crippen molar-refractivity contribution < 1.29 is 23.1 Å². The molecular weight excluding hydrogens is 342 g/mol. The number of benzene rings is 2. The van der Waals surface area contributed by atoms with Crippen LogP contribution < -0.4 is 15.4 Å². The summed E-state index contributed by atoms with van der Waals surface area (Å²) in [6.07, 6.45) is 0. The van der Waals surface area contributed by atoms with Gasteiger partial charge in [0.05, 0.1) is 11.4 Å². The van der Waals surface area contributed by atoms with Crippen LogP contribution in [0.3, 0.4) is 0 Å². The molecule has 0 atom stereocenters. The Labute approximate surface area is 141 Å². The topological polar surface area (TPSA) is 67.4 Å². The number of anilines is 2. The monoisotopic (exact) mass is 354 g/mol. The van der Waals surface area contributed by atoms with Crippen LogP contribution >= 0.6 is 11.6 Å². The first-order chi connectivity index (χ1) is 11.3. The lowest BCUT2D eigenvalue weighted by molar-refractivity contribution is -0.118. The van der Waals surface area contributed by atoms with E-state index in [9.17, 15) is 18.4 Å². The van der Waals surface area contributed by atoms with Crippen molar-refractivity contribution in [1.82, 2.24) is 0 Å². The minimum Gasteiger partial charge on any atom is -0.481 e. The Balaban J connectivity index is 2.04. The third-order valence-electron chi connectivity index (χ3n) is 2.82. The summed E-state index contributed by atoms with van der Waals surface area (Å²) in [4.78, 5) is 23.1. The summed E-state index contributed by atoms with van der Waals surface area (Å²) in [5, 5.41) is 5.39. The van der Waals surface area contributed by atoms with Crippen LogP contribution in [0.2, 0.25) is 5.02 Å². The van der Waals surface area contributed by atoms with E-state index in [4.69, 9.17) is 16.3 Å². The van der Waals surface area contributed by atoms with Crippen molar-refractivity contribution in [3.05, 3.63) is 53.1 Å². The van der Waals surface area contributed by atoms with Gasteiger partial charge in [-0.15, -0.1) is 0 Å². The molecule has 0 saturated heterocycles. The molecule has 0 spiro atoms. The predicted octanol–water partition coefficient (Wildman–Crippen LogP) is 3.59. The van der Waals surface area contributed by atoms with E-state index >= 15 is 0 Å². The second kappa shape index (κ2) is 7.74. The summed E-state index contributed by atoms with van der Waals surface area (Å²) in [7, 11) is 0. The quantitative estimate of drug-likeness (QED) is 0.862. The molecule has 0 aromatic heterocycles. The van der Waals surface area contributed by atoms with Crippen molar-refractivity contribution >= 4 is 34.8 Å². The van der Waals surface area contributed by atoms with Crippen molar-refractivity contribution in [1.29, 1.82) is 0 Å². The highest BCUT2D eigenvalue weighted by Gasteiger charge is 2.11. The molecule has 0 unspecified atom stereocenters. The van der Waals surface area contributed by atoms with Gasteiger partial charge in [0, 0.05) is 18.0 Å². The number of carbonyl (C=O) groups excluding carboxylic acids is 2. The Morgan fingerprint density at radius 2 is 1.83 bits per heavy atom. The number of hydrogen-bond donors (Lipinski definition) is 2. The molecule has 0 saturated carbocycles. The molecule has 0 aliphatic carbocycles. The highest BCUT2D eigenvalue weighted by Crippen LogP contribution is 2.26.